The molecule has 0 saturated carbocycles. The topological polar surface area (TPSA) is 108 Å². The molecule has 1 unspecified atom stereocenters. The summed E-state index contributed by atoms with van der Waals surface area (Å²) in [6.45, 7) is 0.0853. The number of alkyl halides is 1. The SMILES string of the molecule is O=C(NC(CI)C(=O)OCc1ccc([N+](=O)[O-])cc1)OCC1c2ccccc2-c2ccccc21. The van der Waals surface area contributed by atoms with Crippen LogP contribution in [0.15, 0.2) is 72.8 Å². The highest BCUT2D eigenvalue weighted by Gasteiger charge is 2.29. The Morgan fingerprint density at radius 3 is 2.09 bits per heavy atom. The molecule has 1 atom stereocenters. The van der Waals surface area contributed by atoms with Crippen LogP contribution in [0.25, 0.3) is 11.1 Å². The van der Waals surface area contributed by atoms with E-state index >= 15 is 0 Å². The second-order valence-electron chi connectivity index (χ2n) is 7.71. The van der Waals surface area contributed by atoms with Gasteiger partial charge in [-0.05, 0) is 39.9 Å². The third-order valence-corrected chi connectivity index (χ3v) is 6.48. The third kappa shape index (κ3) is 5.19. The number of fused-ring (bicyclic) bond motifs is 3. The summed E-state index contributed by atoms with van der Waals surface area (Å²) in [7, 11) is 0. The molecule has 0 radical (unpaired) electrons. The lowest BCUT2D eigenvalue weighted by molar-refractivity contribution is -0.384. The molecule has 1 amide bonds. The molecule has 0 spiro atoms. The van der Waals surface area contributed by atoms with Gasteiger partial charge in [-0.25, -0.2) is 9.59 Å². The Morgan fingerprint density at radius 2 is 1.53 bits per heavy atom. The van der Waals surface area contributed by atoms with Gasteiger partial charge in [-0.3, -0.25) is 10.1 Å². The highest BCUT2D eigenvalue weighted by molar-refractivity contribution is 14.1. The fourth-order valence-corrected chi connectivity index (χ4v) is 4.49. The number of carbonyl (C=O) groups excluding carboxylic acids is 2. The molecule has 0 fully saturated rings. The highest BCUT2D eigenvalue weighted by Crippen LogP contribution is 2.44. The minimum absolute atomic E-state index is 0.0443. The Bertz CT molecular complexity index is 1170. The number of non-ortho nitro benzene ring substituents is 1. The molecule has 0 saturated heterocycles. The lowest BCUT2D eigenvalue weighted by Crippen LogP contribution is -2.43. The molecule has 34 heavy (non-hydrogen) atoms. The molecule has 3 aromatic rings. The minimum Gasteiger partial charge on any atom is -0.459 e. The van der Waals surface area contributed by atoms with Gasteiger partial charge in [0, 0.05) is 22.5 Å². The van der Waals surface area contributed by atoms with Crippen molar-refractivity contribution in [1.82, 2.24) is 5.32 Å². The molecule has 8 nitrogen and oxygen atoms in total. The van der Waals surface area contributed by atoms with Gasteiger partial charge in [0.25, 0.3) is 5.69 Å². The van der Waals surface area contributed by atoms with Crippen molar-refractivity contribution in [3.63, 3.8) is 0 Å². The number of esters is 1. The average Bonchev–Trinajstić information content (AvgIpc) is 3.18. The number of nitro benzene ring substituents is 1. The third-order valence-electron chi connectivity index (χ3n) is 5.60. The first-order valence-corrected chi connectivity index (χ1v) is 12.1. The molecule has 3 aromatic carbocycles. The minimum atomic E-state index is -0.880. The molecular formula is C25H21IN2O6. The van der Waals surface area contributed by atoms with Crippen molar-refractivity contribution in [3.8, 4) is 11.1 Å². The maximum atomic E-state index is 12.5. The number of carbonyl (C=O) groups is 2. The Morgan fingerprint density at radius 1 is 0.941 bits per heavy atom. The van der Waals surface area contributed by atoms with Crippen LogP contribution in [0.5, 0.6) is 0 Å². The van der Waals surface area contributed by atoms with Crippen LogP contribution in [0.2, 0.25) is 0 Å². The Hall–Kier alpha value is -3.47. The summed E-state index contributed by atoms with van der Waals surface area (Å²) in [6, 6.07) is 20.9. The van der Waals surface area contributed by atoms with Crippen LogP contribution >= 0.6 is 22.6 Å². The molecule has 0 aromatic heterocycles. The number of amides is 1. The summed E-state index contributed by atoms with van der Waals surface area (Å²) in [5, 5.41) is 13.3. The molecule has 1 aliphatic rings. The van der Waals surface area contributed by atoms with Gasteiger partial charge in [0.05, 0.1) is 4.92 Å². The van der Waals surface area contributed by atoms with E-state index in [0.717, 1.165) is 22.3 Å². The van der Waals surface area contributed by atoms with E-state index in [-0.39, 0.29) is 24.8 Å². The van der Waals surface area contributed by atoms with Crippen molar-refractivity contribution >= 4 is 40.3 Å². The van der Waals surface area contributed by atoms with E-state index in [0.29, 0.717) is 9.99 Å². The van der Waals surface area contributed by atoms with Crippen molar-refractivity contribution in [3.05, 3.63) is 99.6 Å². The van der Waals surface area contributed by atoms with Crippen molar-refractivity contribution < 1.29 is 24.0 Å². The van der Waals surface area contributed by atoms with Crippen LogP contribution < -0.4 is 5.32 Å². The summed E-state index contributed by atoms with van der Waals surface area (Å²) in [5.74, 6) is -0.688. The fraction of sp³-hybridized carbons (Fsp3) is 0.200. The summed E-state index contributed by atoms with van der Waals surface area (Å²) in [4.78, 5) is 35.1. The van der Waals surface area contributed by atoms with E-state index in [9.17, 15) is 19.7 Å². The highest BCUT2D eigenvalue weighted by atomic mass is 127. The lowest BCUT2D eigenvalue weighted by Gasteiger charge is -2.18. The maximum absolute atomic E-state index is 12.5. The normalized spacial score (nSPS) is 12.9. The number of halogens is 1. The van der Waals surface area contributed by atoms with E-state index in [2.05, 4.69) is 17.4 Å². The van der Waals surface area contributed by atoms with Crippen LogP contribution in [0, 0.1) is 10.1 Å². The Kier molecular flexibility index (Phi) is 7.41. The van der Waals surface area contributed by atoms with E-state index in [1.54, 1.807) is 0 Å². The summed E-state index contributed by atoms with van der Waals surface area (Å²) in [5.41, 5.74) is 5.03. The number of nitro groups is 1. The zero-order chi connectivity index (χ0) is 24.1. The van der Waals surface area contributed by atoms with Crippen LogP contribution in [0.1, 0.15) is 22.6 Å². The average molecular weight is 572 g/mol. The van der Waals surface area contributed by atoms with Gasteiger partial charge in [-0.2, -0.15) is 0 Å². The zero-order valence-corrected chi connectivity index (χ0v) is 20.1. The molecule has 4 rings (SSSR count). The summed E-state index contributed by atoms with van der Waals surface area (Å²) >= 11 is 1.99. The van der Waals surface area contributed by atoms with E-state index in [4.69, 9.17) is 9.47 Å². The molecule has 0 aliphatic heterocycles. The van der Waals surface area contributed by atoms with Gasteiger partial charge < -0.3 is 14.8 Å². The number of hydrogen-bond donors (Lipinski definition) is 1. The van der Waals surface area contributed by atoms with Crippen LogP contribution in [0.4, 0.5) is 10.5 Å². The number of alkyl carbamates (subject to hydrolysis) is 1. The smallest absolute Gasteiger partial charge is 0.407 e. The van der Waals surface area contributed by atoms with Crippen molar-refractivity contribution in [1.29, 1.82) is 0 Å². The molecular weight excluding hydrogens is 551 g/mol. The van der Waals surface area contributed by atoms with Gasteiger partial charge in [0.2, 0.25) is 0 Å². The summed E-state index contributed by atoms with van der Waals surface area (Å²) < 4.78 is 11.1. The Balaban J connectivity index is 1.32. The van der Waals surface area contributed by atoms with Gasteiger partial charge in [-0.15, -0.1) is 0 Å². The second-order valence-corrected chi connectivity index (χ2v) is 8.59. The fourth-order valence-electron chi connectivity index (χ4n) is 3.91. The molecule has 1 aliphatic carbocycles. The van der Waals surface area contributed by atoms with Gasteiger partial charge in [0.15, 0.2) is 0 Å². The molecule has 9 heteroatoms. The second kappa shape index (κ2) is 10.6. The maximum Gasteiger partial charge on any atom is 0.407 e. The number of nitrogens with one attached hydrogen (secondary N) is 1. The van der Waals surface area contributed by atoms with Crippen molar-refractivity contribution in [2.45, 2.75) is 18.6 Å². The van der Waals surface area contributed by atoms with Crippen molar-refractivity contribution in [2.24, 2.45) is 0 Å². The quantitative estimate of drug-likeness (QED) is 0.134. The molecule has 174 valence electrons. The monoisotopic (exact) mass is 572 g/mol. The van der Waals surface area contributed by atoms with Gasteiger partial charge in [0.1, 0.15) is 19.3 Å². The predicted molar refractivity (Wildman–Crippen MR) is 134 cm³/mol. The number of ether oxygens (including phenoxy) is 2. The number of nitrogens with zero attached hydrogens (tertiary/aromatic N) is 1. The van der Waals surface area contributed by atoms with Crippen LogP contribution in [-0.4, -0.2) is 34.1 Å². The Labute approximate surface area is 209 Å². The summed E-state index contributed by atoms with van der Waals surface area (Å²) in [6.07, 6.45) is -0.698. The van der Waals surface area contributed by atoms with E-state index < -0.39 is 23.0 Å². The number of rotatable bonds is 8. The standard InChI is InChI=1S/C25H21IN2O6/c26-13-23(24(29)33-14-16-9-11-17(12-10-16)28(31)32)27-25(30)34-15-22-20-7-3-1-5-18(20)19-6-2-4-8-21(19)22/h1-12,22-23H,13-15H2,(H,27,30). The zero-order valence-electron chi connectivity index (χ0n) is 18.0. The molecule has 0 heterocycles. The number of hydrogen-bond acceptors (Lipinski definition) is 6. The first kappa shape index (κ1) is 23.7. The van der Waals surface area contributed by atoms with Crippen LogP contribution in [-0.2, 0) is 20.9 Å². The predicted octanol–water partition coefficient (Wildman–Crippen LogP) is 4.98. The first-order valence-electron chi connectivity index (χ1n) is 10.6. The first-order chi connectivity index (χ1) is 16.5. The molecule has 1 N–H and O–H groups in total. The molecule has 0 bridgehead atoms. The van der Waals surface area contributed by atoms with Crippen molar-refractivity contribution in [2.75, 3.05) is 11.0 Å². The van der Waals surface area contributed by atoms with Crippen LogP contribution in [0.3, 0.4) is 0 Å². The largest absolute Gasteiger partial charge is 0.459 e. The van der Waals surface area contributed by atoms with Gasteiger partial charge >= 0.3 is 12.1 Å². The van der Waals surface area contributed by atoms with E-state index in [1.165, 1.54) is 24.3 Å². The lowest BCUT2D eigenvalue weighted by atomic mass is 9.98. The number of benzene rings is 3. The van der Waals surface area contributed by atoms with E-state index in [1.807, 2.05) is 59.0 Å². The van der Waals surface area contributed by atoms with Gasteiger partial charge in [-0.1, -0.05) is 71.1 Å².